The summed E-state index contributed by atoms with van der Waals surface area (Å²) in [5.41, 5.74) is 2.45. The van der Waals surface area contributed by atoms with E-state index < -0.39 is 0 Å². The first-order valence-electron chi connectivity index (χ1n) is 11.9. The molecular formula is C26H41IN6. The molecule has 0 aliphatic heterocycles. The maximum atomic E-state index is 4.67. The second-order valence-electron chi connectivity index (χ2n) is 7.63. The fourth-order valence-electron chi connectivity index (χ4n) is 3.21. The summed E-state index contributed by atoms with van der Waals surface area (Å²) in [6, 6.07) is 20.7. The van der Waals surface area contributed by atoms with Crippen molar-refractivity contribution in [2.75, 3.05) is 26.2 Å². The van der Waals surface area contributed by atoms with Crippen LogP contribution >= 0.6 is 24.0 Å². The summed E-state index contributed by atoms with van der Waals surface area (Å²) in [7, 11) is 0. The predicted molar refractivity (Wildman–Crippen MR) is 152 cm³/mol. The topological polar surface area (TPSA) is 72.8 Å². The van der Waals surface area contributed by atoms with Crippen LogP contribution in [0.15, 0.2) is 70.6 Å². The first-order valence-corrected chi connectivity index (χ1v) is 11.9. The molecule has 7 heteroatoms. The number of guanidine groups is 2. The molecule has 0 saturated carbocycles. The minimum Gasteiger partial charge on any atom is -0.357 e. The Bertz CT molecular complexity index is 712. The molecule has 0 amide bonds. The predicted octanol–water partition coefficient (Wildman–Crippen LogP) is 4.68. The van der Waals surface area contributed by atoms with Crippen LogP contribution in [0, 0.1) is 0 Å². The fourth-order valence-corrected chi connectivity index (χ4v) is 3.21. The lowest BCUT2D eigenvalue weighted by atomic mass is 10.2. The first-order chi connectivity index (χ1) is 15.8. The van der Waals surface area contributed by atoms with Gasteiger partial charge in [0.25, 0.3) is 0 Å². The third kappa shape index (κ3) is 13.8. The van der Waals surface area contributed by atoms with Crippen molar-refractivity contribution in [3.05, 3.63) is 71.8 Å². The highest BCUT2D eigenvalue weighted by atomic mass is 127. The quantitative estimate of drug-likeness (QED) is 0.124. The third-order valence-corrected chi connectivity index (χ3v) is 4.90. The average molecular weight is 565 g/mol. The molecule has 182 valence electrons. The van der Waals surface area contributed by atoms with Crippen LogP contribution in [0.2, 0.25) is 0 Å². The zero-order valence-corrected chi connectivity index (χ0v) is 22.5. The van der Waals surface area contributed by atoms with Crippen LogP contribution in [0.3, 0.4) is 0 Å². The summed E-state index contributed by atoms with van der Waals surface area (Å²) >= 11 is 0. The Balaban J connectivity index is 0.00000544. The van der Waals surface area contributed by atoms with Crippen LogP contribution in [0.25, 0.3) is 0 Å². The van der Waals surface area contributed by atoms with E-state index >= 15 is 0 Å². The summed E-state index contributed by atoms with van der Waals surface area (Å²) < 4.78 is 0. The molecule has 0 bridgehead atoms. The molecule has 33 heavy (non-hydrogen) atoms. The van der Waals surface area contributed by atoms with Crippen molar-refractivity contribution in [1.29, 1.82) is 0 Å². The Morgan fingerprint density at radius 3 is 1.33 bits per heavy atom. The van der Waals surface area contributed by atoms with Gasteiger partial charge in [-0.05, 0) is 37.8 Å². The van der Waals surface area contributed by atoms with Crippen LogP contribution in [0.4, 0.5) is 0 Å². The second kappa shape index (κ2) is 19.2. The summed E-state index contributed by atoms with van der Waals surface area (Å²) in [5.74, 6) is 1.78. The molecule has 6 nitrogen and oxygen atoms in total. The van der Waals surface area contributed by atoms with Crippen LogP contribution in [0.5, 0.6) is 0 Å². The number of nitrogens with one attached hydrogen (secondary N) is 4. The maximum Gasteiger partial charge on any atom is 0.191 e. The molecule has 0 aliphatic rings. The Morgan fingerprint density at radius 1 is 0.576 bits per heavy atom. The fraction of sp³-hybridized carbons (Fsp3) is 0.462. The lowest BCUT2D eigenvalue weighted by Gasteiger charge is -2.12. The van der Waals surface area contributed by atoms with E-state index in [9.17, 15) is 0 Å². The van der Waals surface area contributed by atoms with Crippen molar-refractivity contribution in [2.45, 2.75) is 52.6 Å². The minimum absolute atomic E-state index is 0. The SMILES string of the molecule is CCNC(=NCc1ccccc1)NCCCCCCNC(=NCc1ccccc1)NCC.I. The lowest BCUT2D eigenvalue weighted by Crippen LogP contribution is -2.38. The average Bonchev–Trinajstić information content (AvgIpc) is 2.83. The molecule has 0 heterocycles. The van der Waals surface area contributed by atoms with Crippen molar-refractivity contribution in [2.24, 2.45) is 9.98 Å². The van der Waals surface area contributed by atoms with Gasteiger partial charge in [-0.1, -0.05) is 73.5 Å². The van der Waals surface area contributed by atoms with Gasteiger partial charge in [-0.25, -0.2) is 9.98 Å². The van der Waals surface area contributed by atoms with Gasteiger partial charge < -0.3 is 21.3 Å². The van der Waals surface area contributed by atoms with E-state index in [0.717, 1.165) is 50.9 Å². The zero-order valence-electron chi connectivity index (χ0n) is 20.1. The molecule has 0 unspecified atom stereocenters. The number of rotatable bonds is 13. The summed E-state index contributed by atoms with van der Waals surface area (Å²) in [6.07, 6.45) is 4.67. The molecular weight excluding hydrogens is 523 g/mol. The number of hydrogen-bond acceptors (Lipinski definition) is 2. The highest BCUT2D eigenvalue weighted by Crippen LogP contribution is 2.02. The largest absolute Gasteiger partial charge is 0.357 e. The molecule has 0 fully saturated rings. The smallest absolute Gasteiger partial charge is 0.191 e. The highest BCUT2D eigenvalue weighted by molar-refractivity contribution is 14.0. The van der Waals surface area contributed by atoms with Crippen LogP contribution in [-0.2, 0) is 13.1 Å². The van der Waals surface area contributed by atoms with E-state index in [2.05, 4.69) is 93.6 Å². The number of hydrogen-bond donors (Lipinski definition) is 4. The first kappa shape index (κ1) is 28.7. The van der Waals surface area contributed by atoms with Crippen LogP contribution < -0.4 is 21.3 Å². The summed E-state index contributed by atoms with van der Waals surface area (Å²) in [4.78, 5) is 9.34. The van der Waals surface area contributed by atoms with Gasteiger partial charge in [-0.15, -0.1) is 24.0 Å². The summed E-state index contributed by atoms with van der Waals surface area (Å²) in [6.45, 7) is 9.20. The molecule has 0 atom stereocenters. The Hall–Kier alpha value is -2.29. The van der Waals surface area contributed by atoms with Crippen molar-refractivity contribution >= 4 is 35.9 Å². The number of benzene rings is 2. The second-order valence-corrected chi connectivity index (χ2v) is 7.63. The van der Waals surface area contributed by atoms with Crippen molar-refractivity contribution in [3.63, 3.8) is 0 Å². The molecule has 0 radical (unpaired) electrons. The van der Waals surface area contributed by atoms with Crippen molar-refractivity contribution < 1.29 is 0 Å². The van der Waals surface area contributed by atoms with E-state index in [1.807, 2.05) is 12.1 Å². The zero-order chi connectivity index (χ0) is 22.7. The normalized spacial score (nSPS) is 11.5. The van der Waals surface area contributed by atoms with E-state index in [0.29, 0.717) is 13.1 Å². The number of nitrogens with zero attached hydrogens (tertiary/aromatic N) is 2. The molecule has 0 saturated heterocycles. The molecule has 0 spiro atoms. The number of aliphatic imine (C=N–C) groups is 2. The van der Waals surface area contributed by atoms with Crippen LogP contribution in [0.1, 0.15) is 50.7 Å². The number of halogens is 1. The molecule has 0 aliphatic carbocycles. The van der Waals surface area contributed by atoms with Gasteiger partial charge in [0.15, 0.2) is 11.9 Å². The van der Waals surface area contributed by atoms with Gasteiger partial charge in [-0.2, -0.15) is 0 Å². The van der Waals surface area contributed by atoms with E-state index in [-0.39, 0.29) is 24.0 Å². The van der Waals surface area contributed by atoms with Crippen LogP contribution in [-0.4, -0.2) is 38.1 Å². The Kier molecular flexibility index (Phi) is 16.7. The standard InChI is InChI=1S/C26H40N6.HI/c1-3-27-25(31-21-23-15-9-7-10-16-23)29-19-13-5-6-14-20-30-26(28-4-2)32-22-24-17-11-8-12-18-24;/h7-12,15-18H,3-6,13-14,19-22H2,1-2H3,(H2,27,29,31)(H2,28,30,32);1H. The lowest BCUT2D eigenvalue weighted by molar-refractivity contribution is 0.616. The van der Waals surface area contributed by atoms with Gasteiger partial charge in [-0.3, -0.25) is 0 Å². The van der Waals surface area contributed by atoms with E-state index in [1.165, 1.54) is 24.0 Å². The van der Waals surface area contributed by atoms with Crippen molar-refractivity contribution in [3.8, 4) is 0 Å². The summed E-state index contributed by atoms with van der Waals surface area (Å²) in [5, 5.41) is 13.5. The maximum absolute atomic E-state index is 4.67. The van der Waals surface area contributed by atoms with E-state index in [1.54, 1.807) is 0 Å². The Morgan fingerprint density at radius 2 is 0.970 bits per heavy atom. The highest BCUT2D eigenvalue weighted by Gasteiger charge is 1.99. The van der Waals surface area contributed by atoms with Crippen molar-refractivity contribution in [1.82, 2.24) is 21.3 Å². The molecule has 2 aromatic rings. The molecule has 2 rings (SSSR count). The van der Waals surface area contributed by atoms with Gasteiger partial charge >= 0.3 is 0 Å². The monoisotopic (exact) mass is 564 g/mol. The minimum atomic E-state index is 0. The third-order valence-electron chi connectivity index (χ3n) is 4.90. The molecule has 4 N–H and O–H groups in total. The number of unbranched alkanes of at least 4 members (excludes halogenated alkanes) is 3. The molecule has 2 aromatic carbocycles. The Labute approximate surface area is 217 Å². The van der Waals surface area contributed by atoms with Gasteiger partial charge in [0.05, 0.1) is 13.1 Å². The van der Waals surface area contributed by atoms with E-state index in [4.69, 9.17) is 0 Å². The van der Waals surface area contributed by atoms with Gasteiger partial charge in [0.1, 0.15) is 0 Å². The van der Waals surface area contributed by atoms with Gasteiger partial charge in [0.2, 0.25) is 0 Å². The molecule has 0 aromatic heterocycles. The van der Waals surface area contributed by atoms with Gasteiger partial charge in [0, 0.05) is 26.2 Å².